The summed E-state index contributed by atoms with van der Waals surface area (Å²) in [6, 6.07) is 24.0. The number of halogens is 4. The van der Waals surface area contributed by atoms with Crippen LogP contribution in [0, 0.1) is 11.3 Å². The second-order valence-corrected chi connectivity index (χ2v) is 10.1. The van der Waals surface area contributed by atoms with Gasteiger partial charge in [0.2, 0.25) is 0 Å². The van der Waals surface area contributed by atoms with Crippen LogP contribution in [-0.4, -0.2) is 35.9 Å². The molecular weight excluding hydrogens is 554 g/mol. The number of ether oxygens (including phenoxy) is 2. The Labute approximate surface area is 239 Å². The van der Waals surface area contributed by atoms with Crippen molar-refractivity contribution in [2.45, 2.75) is 0 Å². The molecule has 3 aromatic carbocycles. The van der Waals surface area contributed by atoms with Crippen LogP contribution in [0.2, 0.25) is 5.02 Å². The highest BCUT2D eigenvalue weighted by Gasteiger charge is 2.56. The van der Waals surface area contributed by atoms with Crippen LogP contribution in [0.1, 0.15) is 22.4 Å². The molecule has 0 unspecified atom stereocenters. The second-order valence-electron chi connectivity index (χ2n) is 9.30. The quantitative estimate of drug-likeness (QED) is 0.235. The Bertz CT molecular complexity index is 1800. The molecule has 3 heterocycles. The van der Waals surface area contributed by atoms with Gasteiger partial charge in [-0.3, -0.25) is 0 Å². The normalized spacial score (nSPS) is 15.4. The molecule has 1 aromatic heterocycles. The van der Waals surface area contributed by atoms with Crippen LogP contribution in [-0.2, 0) is 0 Å². The molecule has 0 aliphatic carbocycles. The number of nitrogens with zero attached hydrogens (tertiary/aromatic N) is 3. The van der Waals surface area contributed by atoms with E-state index in [4.69, 9.17) is 32.7 Å². The summed E-state index contributed by atoms with van der Waals surface area (Å²) in [5.41, 5.74) is 3.45. The third-order valence-corrected chi connectivity index (χ3v) is 7.72. The Morgan fingerprint density at radius 1 is 0.825 bits per heavy atom. The minimum absolute atomic E-state index is 0.173. The second kappa shape index (κ2) is 9.70. The number of fused-ring (bicyclic) bond motifs is 2. The average Bonchev–Trinajstić information content (AvgIpc) is 3.51. The van der Waals surface area contributed by atoms with Crippen molar-refractivity contribution in [3.05, 3.63) is 123 Å². The Balaban J connectivity index is 1.69. The van der Waals surface area contributed by atoms with E-state index in [2.05, 4.69) is 6.07 Å². The molecule has 198 valence electrons. The summed E-state index contributed by atoms with van der Waals surface area (Å²) in [5, 5.41) is 9.67. The van der Waals surface area contributed by atoms with Gasteiger partial charge < -0.3 is 27.1 Å². The monoisotopic (exact) mass is 573 g/mol. The first-order chi connectivity index (χ1) is 19.3. The van der Waals surface area contributed by atoms with Gasteiger partial charge in [0.1, 0.15) is 16.5 Å². The highest BCUT2D eigenvalue weighted by Crippen LogP contribution is 2.47. The fourth-order valence-electron chi connectivity index (χ4n) is 5.32. The molecule has 0 atom stereocenters. The van der Waals surface area contributed by atoms with Gasteiger partial charge in [-0.25, -0.2) is 0 Å². The molecule has 4 aromatic rings. The van der Waals surface area contributed by atoms with Crippen LogP contribution < -0.4 is 9.47 Å². The van der Waals surface area contributed by atoms with E-state index in [1.807, 2.05) is 0 Å². The first-order valence-corrected chi connectivity index (χ1v) is 13.0. The molecule has 0 saturated carbocycles. The number of aromatic nitrogens is 1. The first-order valence-electron chi connectivity index (χ1n) is 12.3. The molecular formula is C30H20BCl2F2N3O2. The number of allylic oxidation sites excluding steroid dienone is 2. The van der Waals surface area contributed by atoms with E-state index in [1.165, 1.54) is 14.2 Å². The minimum atomic E-state index is -4.48. The fourth-order valence-corrected chi connectivity index (χ4v) is 5.93. The van der Waals surface area contributed by atoms with E-state index in [9.17, 15) is 5.26 Å². The summed E-state index contributed by atoms with van der Waals surface area (Å²) < 4.78 is 46.5. The van der Waals surface area contributed by atoms with Gasteiger partial charge in [0, 0.05) is 23.0 Å². The van der Waals surface area contributed by atoms with Gasteiger partial charge in [-0.2, -0.15) is 5.26 Å². The van der Waals surface area contributed by atoms with E-state index >= 15 is 8.63 Å². The third-order valence-electron chi connectivity index (χ3n) is 7.14. The summed E-state index contributed by atoms with van der Waals surface area (Å²) in [5.74, 6) is 1.18. The molecule has 0 spiro atoms. The van der Waals surface area contributed by atoms with Gasteiger partial charge >= 0.3 is 6.97 Å². The zero-order valence-electron chi connectivity index (χ0n) is 21.3. The van der Waals surface area contributed by atoms with Gasteiger partial charge in [0.25, 0.3) is 0 Å². The summed E-state index contributed by atoms with van der Waals surface area (Å²) in [6.07, 6.45) is 1.56. The maximum absolute atomic E-state index is 17.0. The largest absolute Gasteiger partial charge is 0.738 e. The molecule has 0 saturated heterocycles. The van der Waals surface area contributed by atoms with Crippen molar-refractivity contribution in [3.63, 3.8) is 0 Å². The molecule has 0 fully saturated rings. The number of methoxy groups -OCH3 is 2. The van der Waals surface area contributed by atoms with Gasteiger partial charge in [-0.15, -0.1) is 0 Å². The molecule has 5 nitrogen and oxygen atoms in total. The number of hydrogen-bond donors (Lipinski definition) is 0. The van der Waals surface area contributed by atoms with Crippen LogP contribution in [0.3, 0.4) is 0 Å². The van der Waals surface area contributed by atoms with E-state index in [0.29, 0.717) is 39.3 Å². The highest BCUT2D eigenvalue weighted by molar-refractivity contribution is 6.61. The summed E-state index contributed by atoms with van der Waals surface area (Å²) in [7, 11) is 3.07. The standard InChI is InChI=1S/C30H20BCl2F2N3O2/c1-39-22-11-7-20(8-12-22)29-24(32)15-26-28(19-5-3-18(17-36)4-6-19)27-16-25(33)30(38(27)31(34,35)37(26)29)21-9-13-23(40-2)14-10-21/h3-16H,1-2H3. The zero-order chi connectivity index (χ0) is 28.2. The molecule has 2 aliphatic heterocycles. The Hall–Kier alpha value is -4.32. The van der Waals surface area contributed by atoms with E-state index in [-0.39, 0.29) is 32.9 Å². The van der Waals surface area contributed by atoms with Crippen LogP contribution >= 0.6 is 23.2 Å². The van der Waals surface area contributed by atoms with Crippen molar-refractivity contribution < 1.29 is 22.6 Å². The van der Waals surface area contributed by atoms with Crippen LogP contribution in [0.4, 0.5) is 8.63 Å². The summed E-state index contributed by atoms with van der Waals surface area (Å²) >= 11 is 13.4. The van der Waals surface area contributed by atoms with Crippen LogP contribution in [0.15, 0.2) is 95.7 Å². The lowest BCUT2D eigenvalue weighted by Gasteiger charge is -2.33. The van der Waals surface area contributed by atoms with E-state index < -0.39 is 6.97 Å². The van der Waals surface area contributed by atoms with Gasteiger partial charge in [0.05, 0.1) is 36.4 Å². The Morgan fingerprint density at radius 3 is 1.93 bits per heavy atom. The molecule has 0 radical (unpaired) electrons. The molecule has 40 heavy (non-hydrogen) atoms. The van der Waals surface area contributed by atoms with Crippen LogP contribution in [0.5, 0.6) is 11.5 Å². The average molecular weight is 574 g/mol. The fraction of sp³-hybridized carbons (Fsp3) is 0.0667. The SMILES string of the molecule is COc1ccc(C2=[N+]3C(=C(c4ccc(C#N)cc4)c4cc(Cl)c(-c5ccc(OC)cc5)n4[B-]3(F)F)C=C2Cl)cc1. The number of benzene rings is 3. The lowest BCUT2D eigenvalue weighted by molar-refractivity contribution is -0.360. The molecule has 10 heteroatoms. The number of nitriles is 1. The maximum atomic E-state index is 17.0. The first kappa shape index (κ1) is 25.9. The predicted octanol–water partition coefficient (Wildman–Crippen LogP) is 7.33. The number of hydrogen-bond acceptors (Lipinski definition) is 3. The van der Waals surface area contributed by atoms with Crippen molar-refractivity contribution in [2.24, 2.45) is 0 Å². The molecule has 0 N–H and O–H groups in total. The van der Waals surface area contributed by atoms with E-state index in [0.717, 1.165) is 8.96 Å². The Kier molecular flexibility index (Phi) is 6.29. The highest BCUT2D eigenvalue weighted by atomic mass is 35.5. The molecule has 2 aliphatic rings. The molecule has 6 rings (SSSR count). The van der Waals surface area contributed by atoms with Crippen molar-refractivity contribution >= 4 is 41.5 Å². The van der Waals surface area contributed by atoms with Crippen molar-refractivity contribution in [3.8, 4) is 28.8 Å². The third kappa shape index (κ3) is 3.93. The molecule has 0 amide bonds. The summed E-state index contributed by atoms with van der Waals surface area (Å²) in [4.78, 5) is 0. The van der Waals surface area contributed by atoms with Gasteiger partial charge in [-0.05, 0) is 77.9 Å². The van der Waals surface area contributed by atoms with Gasteiger partial charge in [-0.1, -0.05) is 35.3 Å². The smallest absolute Gasteiger partial charge is 0.497 e. The summed E-state index contributed by atoms with van der Waals surface area (Å²) in [6.45, 7) is -4.48. The van der Waals surface area contributed by atoms with Crippen molar-refractivity contribution in [2.75, 3.05) is 14.2 Å². The maximum Gasteiger partial charge on any atom is 0.738 e. The van der Waals surface area contributed by atoms with Crippen LogP contribution in [0.25, 0.3) is 16.8 Å². The topological polar surface area (TPSA) is 50.2 Å². The Morgan fingerprint density at radius 2 is 1.38 bits per heavy atom. The van der Waals surface area contributed by atoms with Crippen molar-refractivity contribution in [1.82, 2.24) is 4.48 Å². The lowest BCUT2D eigenvalue weighted by atomic mass is 9.85. The van der Waals surface area contributed by atoms with E-state index in [1.54, 1.807) is 84.9 Å². The number of rotatable bonds is 5. The minimum Gasteiger partial charge on any atom is -0.497 e. The predicted molar refractivity (Wildman–Crippen MR) is 153 cm³/mol. The van der Waals surface area contributed by atoms with Gasteiger partial charge in [0.15, 0.2) is 11.4 Å². The van der Waals surface area contributed by atoms with Crippen molar-refractivity contribution in [1.29, 1.82) is 5.26 Å². The molecule has 0 bridgehead atoms. The lowest BCUT2D eigenvalue weighted by Crippen LogP contribution is -2.51. The zero-order valence-corrected chi connectivity index (χ0v) is 22.8.